The summed E-state index contributed by atoms with van der Waals surface area (Å²) in [6, 6.07) is 10.5. The minimum absolute atomic E-state index is 0.00220. The fourth-order valence-corrected chi connectivity index (χ4v) is 2.88. The molecule has 0 bridgehead atoms. The molecule has 0 aliphatic heterocycles. The number of hydrogen-bond acceptors (Lipinski definition) is 8. The molecule has 0 N–H and O–H groups in total. The summed E-state index contributed by atoms with van der Waals surface area (Å²) in [5.74, 6) is 1.37. The molecule has 0 saturated heterocycles. The third kappa shape index (κ3) is 4.78. The average Bonchev–Trinajstić information content (AvgIpc) is 3.20. The molecule has 0 saturated carbocycles. The second-order valence-electron chi connectivity index (χ2n) is 5.86. The van der Waals surface area contributed by atoms with Crippen LogP contribution >= 0.6 is 11.6 Å². The highest BCUT2D eigenvalue weighted by atomic mass is 35.5. The average molecular weight is 419 g/mol. The standard InChI is InChI=1S/C20H19ClN2O6/c1-25-15-8-12(9-16(26-2)19(15)27-3)10-18(24)28-11-17-22-20(23-29-17)13-6-4-5-7-14(13)21/h4-9H,10-11H2,1-3H3. The Morgan fingerprint density at radius 2 is 1.76 bits per heavy atom. The van der Waals surface area contributed by atoms with Crippen molar-refractivity contribution >= 4 is 17.6 Å². The molecule has 0 fully saturated rings. The molecule has 9 heteroatoms. The number of hydrogen-bond donors (Lipinski definition) is 0. The van der Waals surface area contributed by atoms with E-state index in [4.69, 9.17) is 35.1 Å². The van der Waals surface area contributed by atoms with Crippen LogP contribution in [0.2, 0.25) is 5.02 Å². The van der Waals surface area contributed by atoms with Gasteiger partial charge in [-0.25, -0.2) is 0 Å². The van der Waals surface area contributed by atoms with Gasteiger partial charge in [-0.2, -0.15) is 4.98 Å². The molecular formula is C20H19ClN2O6. The van der Waals surface area contributed by atoms with Gasteiger partial charge in [-0.1, -0.05) is 28.9 Å². The van der Waals surface area contributed by atoms with Gasteiger partial charge in [0, 0.05) is 5.56 Å². The zero-order chi connectivity index (χ0) is 20.8. The molecule has 29 heavy (non-hydrogen) atoms. The lowest BCUT2D eigenvalue weighted by Gasteiger charge is -2.13. The smallest absolute Gasteiger partial charge is 0.310 e. The Hall–Kier alpha value is -3.26. The maximum absolute atomic E-state index is 12.2. The molecule has 0 atom stereocenters. The molecule has 0 radical (unpaired) electrons. The van der Waals surface area contributed by atoms with Crippen molar-refractivity contribution in [1.82, 2.24) is 10.1 Å². The zero-order valence-electron chi connectivity index (χ0n) is 16.1. The van der Waals surface area contributed by atoms with Crippen molar-refractivity contribution in [3.63, 3.8) is 0 Å². The largest absolute Gasteiger partial charge is 0.493 e. The fraction of sp³-hybridized carbons (Fsp3) is 0.250. The molecule has 152 valence electrons. The molecule has 2 aromatic carbocycles. The monoisotopic (exact) mass is 418 g/mol. The fourth-order valence-electron chi connectivity index (χ4n) is 2.66. The molecule has 0 aliphatic rings. The van der Waals surface area contributed by atoms with Gasteiger partial charge in [0.1, 0.15) is 0 Å². The Balaban J connectivity index is 1.64. The van der Waals surface area contributed by atoms with E-state index in [1.165, 1.54) is 21.3 Å². The first-order valence-corrected chi connectivity index (χ1v) is 8.95. The highest BCUT2D eigenvalue weighted by Crippen LogP contribution is 2.38. The van der Waals surface area contributed by atoms with Gasteiger partial charge in [0.15, 0.2) is 18.1 Å². The van der Waals surface area contributed by atoms with Crippen molar-refractivity contribution in [1.29, 1.82) is 0 Å². The van der Waals surface area contributed by atoms with Gasteiger partial charge >= 0.3 is 5.97 Å². The lowest BCUT2D eigenvalue weighted by atomic mass is 10.1. The first-order chi connectivity index (χ1) is 14.0. The zero-order valence-corrected chi connectivity index (χ0v) is 16.9. The Labute approximate surface area is 172 Å². The third-order valence-electron chi connectivity index (χ3n) is 4.01. The number of rotatable bonds is 8. The van der Waals surface area contributed by atoms with Gasteiger partial charge in [0.05, 0.1) is 32.8 Å². The molecule has 1 heterocycles. The van der Waals surface area contributed by atoms with Gasteiger partial charge in [-0.15, -0.1) is 0 Å². The van der Waals surface area contributed by atoms with Crippen molar-refractivity contribution < 1.29 is 28.3 Å². The van der Waals surface area contributed by atoms with Crippen molar-refractivity contribution in [2.24, 2.45) is 0 Å². The molecule has 0 amide bonds. The Kier molecular flexibility index (Phi) is 6.56. The summed E-state index contributed by atoms with van der Waals surface area (Å²) in [6.07, 6.45) is 0.00220. The van der Waals surface area contributed by atoms with Gasteiger partial charge in [0.2, 0.25) is 11.6 Å². The van der Waals surface area contributed by atoms with E-state index in [1.807, 2.05) is 6.07 Å². The van der Waals surface area contributed by atoms with Crippen LogP contribution in [0.5, 0.6) is 17.2 Å². The predicted octanol–water partition coefficient (Wildman–Crippen LogP) is 3.70. The number of methoxy groups -OCH3 is 3. The van der Waals surface area contributed by atoms with Crippen LogP contribution in [0.3, 0.4) is 0 Å². The van der Waals surface area contributed by atoms with E-state index >= 15 is 0 Å². The summed E-state index contributed by atoms with van der Waals surface area (Å²) in [4.78, 5) is 16.4. The molecule has 0 unspecified atom stereocenters. The summed E-state index contributed by atoms with van der Waals surface area (Å²) in [5, 5.41) is 4.36. The maximum atomic E-state index is 12.2. The van der Waals surface area contributed by atoms with Crippen LogP contribution < -0.4 is 14.2 Å². The number of nitrogens with zero attached hydrogens (tertiary/aromatic N) is 2. The van der Waals surface area contributed by atoms with Gasteiger partial charge < -0.3 is 23.5 Å². The topological polar surface area (TPSA) is 92.9 Å². The third-order valence-corrected chi connectivity index (χ3v) is 4.34. The molecule has 3 aromatic rings. The molecule has 3 rings (SSSR count). The molecule has 1 aromatic heterocycles. The number of carbonyl (C=O) groups excluding carboxylic acids is 1. The summed E-state index contributed by atoms with van der Waals surface area (Å²) in [7, 11) is 4.52. The van der Waals surface area contributed by atoms with E-state index in [1.54, 1.807) is 30.3 Å². The van der Waals surface area contributed by atoms with E-state index in [-0.39, 0.29) is 18.9 Å². The number of esters is 1. The minimum atomic E-state index is -0.475. The lowest BCUT2D eigenvalue weighted by molar-refractivity contribution is -0.144. The molecule has 0 aliphatic carbocycles. The first-order valence-electron chi connectivity index (χ1n) is 8.57. The van der Waals surface area contributed by atoms with Crippen molar-refractivity contribution in [3.05, 3.63) is 52.9 Å². The second kappa shape index (κ2) is 9.29. The normalized spacial score (nSPS) is 10.5. The Morgan fingerprint density at radius 3 is 2.38 bits per heavy atom. The Morgan fingerprint density at radius 1 is 1.07 bits per heavy atom. The Bertz CT molecular complexity index is 979. The highest BCUT2D eigenvalue weighted by molar-refractivity contribution is 6.33. The molecule has 8 nitrogen and oxygen atoms in total. The summed E-state index contributed by atoms with van der Waals surface area (Å²) in [5.41, 5.74) is 1.28. The van der Waals surface area contributed by atoms with Crippen molar-refractivity contribution in [2.45, 2.75) is 13.0 Å². The van der Waals surface area contributed by atoms with Crippen molar-refractivity contribution in [3.8, 4) is 28.6 Å². The lowest BCUT2D eigenvalue weighted by Crippen LogP contribution is -2.09. The van der Waals surface area contributed by atoms with Gasteiger partial charge in [0.25, 0.3) is 5.89 Å². The summed E-state index contributed by atoms with van der Waals surface area (Å²) >= 11 is 6.12. The van der Waals surface area contributed by atoms with E-state index in [9.17, 15) is 4.79 Å². The van der Waals surface area contributed by atoms with Crippen LogP contribution in [0.15, 0.2) is 40.9 Å². The SMILES string of the molecule is COc1cc(CC(=O)OCc2nc(-c3ccccc3Cl)no2)cc(OC)c1OC. The summed E-state index contributed by atoms with van der Waals surface area (Å²) < 4.78 is 26.2. The first kappa shape index (κ1) is 20.5. The summed E-state index contributed by atoms with van der Waals surface area (Å²) in [6.45, 7) is -0.152. The number of carbonyl (C=O) groups is 1. The number of aromatic nitrogens is 2. The maximum Gasteiger partial charge on any atom is 0.310 e. The van der Waals surface area contributed by atoms with E-state index < -0.39 is 5.97 Å². The number of benzene rings is 2. The van der Waals surface area contributed by atoms with Crippen LogP contribution in [0, 0.1) is 0 Å². The van der Waals surface area contributed by atoms with Gasteiger partial charge in [-0.05, 0) is 29.8 Å². The number of halogens is 1. The van der Waals surface area contributed by atoms with Gasteiger partial charge in [-0.3, -0.25) is 4.79 Å². The van der Waals surface area contributed by atoms with Crippen LogP contribution in [0.1, 0.15) is 11.5 Å². The minimum Gasteiger partial charge on any atom is -0.493 e. The van der Waals surface area contributed by atoms with E-state index in [0.717, 1.165) is 0 Å². The van der Waals surface area contributed by atoms with E-state index in [2.05, 4.69) is 10.1 Å². The van der Waals surface area contributed by atoms with Crippen LogP contribution in [-0.4, -0.2) is 37.4 Å². The van der Waals surface area contributed by atoms with Crippen molar-refractivity contribution in [2.75, 3.05) is 21.3 Å². The van der Waals surface area contributed by atoms with Crippen LogP contribution in [0.25, 0.3) is 11.4 Å². The van der Waals surface area contributed by atoms with Crippen LogP contribution in [0.4, 0.5) is 0 Å². The molecule has 0 spiro atoms. The predicted molar refractivity (Wildman–Crippen MR) is 104 cm³/mol. The van der Waals surface area contributed by atoms with Crippen LogP contribution in [-0.2, 0) is 22.6 Å². The highest BCUT2D eigenvalue weighted by Gasteiger charge is 2.17. The quantitative estimate of drug-likeness (QED) is 0.511. The second-order valence-corrected chi connectivity index (χ2v) is 6.27. The van der Waals surface area contributed by atoms with E-state index in [0.29, 0.717) is 39.2 Å². The molecular weight excluding hydrogens is 400 g/mol. The number of ether oxygens (including phenoxy) is 4.